The summed E-state index contributed by atoms with van der Waals surface area (Å²) in [5.74, 6) is 0.482. The summed E-state index contributed by atoms with van der Waals surface area (Å²) in [4.78, 5) is 20.5. The lowest BCUT2D eigenvalue weighted by molar-refractivity contribution is -0.144. The van der Waals surface area contributed by atoms with E-state index in [1.54, 1.807) is 11.1 Å². The van der Waals surface area contributed by atoms with Crippen LogP contribution in [-0.4, -0.2) is 75.6 Å². The van der Waals surface area contributed by atoms with E-state index in [0.717, 1.165) is 30.0 Å². The van der Waals surface area contributed by atoms with E-state index in [4.69, 9.17) is 14.5 Å². The molecule has 172 valence electrons. The van der Waals surface area contributed by atoms with Gasteiger partial charge in [0.1, 0.15) is 5.82 Å². The number of aryl methyl sites for hydroxylation is 2. The van der Waals surface area contributed by atoms with Crippen LogP contribution >= 0.6 is 0 Å². The van der Waals surface area contributed by atoms with Crippen LogP contribution in [0.5, 0.6) is 0 Å². The molecule has 1 aliphatic rings. The van der Waals surface area contributed by atoms with Crippen molar-refractivity contribution in [2.75, 3.05) is 63.9 Å². The Morgan fingerprint density at radius 3 is 2.84 bits per heavy atom. The fraction of sp³-hybridized carbons (Fsp3) is 0.458. The highest BCUT2D eigenvalue weighted by Crippen LogP contribution is 2.22. The van der Waals surface area contributed by atoms with Crippen molar-refractivity contribution in [3.05, 3.63) is 53.2 Å². The molecular formula is C24H33N5O3. The van der Waals surface area contributed by atoms with Crippen molar-refractivity contribution in [3.8, 4) is 0 Å². The van der Waals surface area contributed by atoms with E-state index in [-0.39, 0.29) is 12.5 Å². The van der Waals surface area contributed by atoms with E-state index in [9.17, 15) is 4.79 Å². The molecule has 1 saturated heterocycles. The van der Waals surface area contributed by atoms with Crippen molar-refractivity contribution in [2.24, 2.45) is 5.10 Å². The van der Waals surface area contributed by atoms with Crippen LogP contribution in [0.15, 0.2) is 41.5 Å². The predicted octanol–water partition coefficient (Wildman–Crippen LogP) is 2.71. The van der Waals surface area contributed by atoms with E-state index in [1.807, 2.05) is 32.3 Å². The molecule has 2 heterocycles. The van der Waals surface area contributed by atoms with Gasteiger partial charge in [-0.15, -0.1) is 0 Å². The maximum atomic E-state index is 11.7. The smallest absolute Gasteiger partial charge is 0.320 e. The summed E-state index contributed by atoms with van der Waals surface area (Å²) in [5.41, 5.74) is 7.32. The predicted molar refractivity (Wildman–Crippen MR) is 127 cm³/mol. The number of rotatable bonds is 10. The summed E-state index contributed by atoms with van der Waals surface area (Å²) >= 11 is 0. The molecule has 0 unspecified atom stereocenters. The molecule has 0 bridgehead atoms. The number of hydrazone groups is 1. The summed E-state index contributed by atoms with van der Waals surface area (Å²) in [7, 11) is 3.69. The minimum Gasteiger partial charge on any atom is -0.465 e. The van der Waals surface area contributed by atoms with Gasteiger partial charge in [0.25, 0.3) is 0 Å². The van der Waals surface area contributed by atoms with Crippen LogP contribution in [0.1, 0.15) is 23.2 Å². The van der Waals surface area contributed by atoms with Crippen molar-refractivity contribution < 1.29 is 14.3 Å². The van der Waals surface area contributed by atoms with Crippen LogP contribution in [0.4, 0.5) is 11.5 Å². The molecule has 8 heteroatoms. The van der Waals surface area contributed by atoms with Crippen molar-refractivity contribution in [3.63, 3.8) is 0 Å². The van der Waals surface area contributed by atoms with Gasteiger partial charge in [-0.3, -0.25) is 15.1 Å². The van der Waals surface area contributed by atoms with E-state index in [2.05, 4.69) is 40.5 Å². The Balaban J connectivity index is 1.64. The number of carbonyl (C=O) groups excluding carboxylic acids is 1. The monoisotopic (exact) mass is 439 g/mol. The number of likely N-dealkylation sites (N-methyl/N-ethyl adjacent to an activating group) is 1. The fourth-order valence-electron chi connectivity index (χ4n) is 3.43. The largest absolute Gasteiger partial charge is 0.465 e. The van der Waals surface area contributed by atoms with Crippen LogP contribution in [0.2, 0.25) is 0 Å². The van der Waals surface area contributed by atoms with Gasteiger partial charge in [-0.1, -0.05) is 29.8 Å². The second-order valence-corrected chi connectivity index (χ2v) is 8.15. The molecule has 1 aliphatic heterocycles. The number of ether oxygens (including phenoxy) is 2. The first-order chi connectivity index (χ1) is 15.5. The number of hydrogen-bond donors (Lipinski definition) is 1. The van der Waals surface area contributed by atoms with Crippen molar-refractivity contribution in [1.82, 2.24) is 9.88 Å². The molecule has 8 nitrogen and oxygen atoms in total. The minimum absolute atomic E-state index is 0.210. The standard InChI is InChI=1S/C24H33N5O3/c1-19-6-4-7-20(14-19)17-25-27-23-16-22(29-9-12-31-13-10-29)15-21(26-23)8-5-11-32-24(30)18-28(2)3/h4,6-7,14-17H,5,8-13,18H2,1-3H3,(H,26,27). The Hall–Kier alpha value is -2.97. The van der Waals surface area contributed by atoms with Gasteiger partial charge < -0.3 is 14.4 Å². The van der Waals surface area contributed by atoms with E-state index >= 15 is 0 Å². The Bertz CT molecular complexity index is 910. The molecular weight excluding hydrogens is 406 g/mol. The quantitative estimate of drug-likeness (QED) is 0.264. The topological polar surface area (TPSA) is 79.3 Å². The van der Waals surface area contributed by atoms with Gasteiger partial charge in [-0.05, 0) is 45.5 Å². The Morgan fingerprint density at radius 2 is 2.09 bits per heavy atom. The maximum Gasteiger partial charge on any atom is 0.320 e. The third-order valence-electron chi connectivity index (χ3n) is 4.96. The second kappa shape index (κ2) is 12.2. The highest BCUT2D eigenvalue weighted by molar-refractivity contribution is 5.80. The molecule has 1 N–H and O–H groups in total. The van der Waals surface area contributed by atoms with Crippen molar-refractivity contribution in [2.45, 2.75) is 19.8 Å². The summed E-state index contributed by atoms with van der Waals surface area (Å²) in [6.07, 6.45) is 3.22. The summed E-state index contributed by atoms with van der Waals surface area (Å²) in [6.45, 7) is 5.85. The van der Waals surface area contributed by atoms with Crippen LogP contribution in [-0.2, 0) is 20.7 Å². The first-order valence-corrected chi connectivity index (χ1v) is 11.0. The third-order valence-corrected chi connectivity index (χ3v) is 4.96. The van der Waals surface area contributed by atoms with Gasteiger partial charge in [0, 0.05) is 30.5 Å². The van der Waals surface area contributed by atoms with Gasteiger partial charge in [0.2, 0.25) is 0 Å². The van der Waals surface area contributed by atoms with Gasteiger partial charge in [0.05, 0.1) is 32.6 Å². The zero-order valence-electron chi connectivity index (χ0n) is 19.2. The van der Waals surface area contributed by atoms with Crippen LogP contribution in [0.25, 0.3) is 0 Å². The number of nitrogens with one attached hydrogen (secondary N) is 1. The average molecular weight is 440 g/mol. The van der Waals surface area contributed by atoms with Crippen molar-refractivity contribution in [1.29, 1.82) is 0 Å². The zero-order valence-corrected chi connectivity index (χ0v) is 19.2. The molecule has 1 aromatic heterocycles. The lowest BCUT2D eigenvalue weighted by atomic mass is 10.2. The molecule has 0 amide bonds. The normalized spacial score (nSPS) is 14.2. The third kappa shape index (κ3) is 7.94. The molecule has 1 fully saturated rings. The molecule has 2 aromatic rings. The SMILES string of the molecule is Cc1cccc(C=NNc2cc(N3CCOCC3)cc(CCCOC(=O)CN(C)C)n2)c1. The number of carbonyl (C=O) groups is 1. The number of pyridine rings is 1. The van der Waals surface area contributed by atoms with Crippen LogP contribution in [0, 0.1) is 6.92 Å². The van der Waals surface area contributed by atoms with E-state index < -0.39 is 0 Å². The minimum atomic E-state index is -0.210. The van der Waals surface area contributed by atoms with Gasteiger partial charge in [0.15, 0.2) is 0 Å². The second-order valence-electron chi connectivity index (χ2n) is 8.15. The number of anilines is 2. The summed E-state index contributed by atoms with van der Waals surface area (Å²) < 4.78 is 10.8. The molecule has 0 radical (unpaired) electrons. The number of hydrogen-bond acceptors (Lipinski definition) is 8. The number of benzene rings is 1. The lowest BCUT2D eigenvalue weighted by Gasteiger charge is -2.29. The number of esters is 1. The molecule has 1 aromatic carbocycles. The summed E-state index contributed by atoms with van der Waals surface area (Å²) in [6, 6.07) is 12.3. The number of aromatic nitrogens is 1. The molecule has 0 atom stereocenters. The summed E-state index contributed by atoms with van der Waals surface area (Å²) in [5, 5.41) is 4.37. The Kier molecular flexibility index (Phi) is 9.01. The Morgan fingerprint density at radius 1 is 1.28 bits per heavy atom. The fourth-order valence-corrected chi connectivity index (χ4v) is 3.43. The molecule has 0 aliphatic carbocycles. The number of morpholine rings is 1. The molecule has 0 spiro atoms. The van der Waals surface area contributed by atoms with Crippen molar-refractivity contribution >= 4 is 23.7 Å². The van der Waals surface area contributed by atoms with Gasteiger partial charge in [-0.2, -0.15) is 5.10 Å². The van der Waals surface area contributed by atoms with E-state index in [0.29, 0.717) is 38.5 Å². The lowest BCUT2D eigenvalue weighted by Crippen LogP contribution is -2.36. The first-order valence-electron chi connectivity index (χ1n) is 11.0. The first kappa shape index (κ1) is 23.7. The highest BCUT2D eigenvalue weighted by atomic mass is 16.5. The average Bonchev–Trinajstić information content (AvgIpc) is 2.77. The van der Waals surface area contributed by atoms with Crippen LogP contribution in [0.3, 0.4) is 0 Å². The zero-order chi connectivity index (χ0) is 22.8. The van der Waals surface area contributed by atoms with E-state index in [1.165, 1.54) is 5.56 Å². The molecule has 0 saturated carbocycles. The molecule has 3 rings (SSSR count). The number of nitrogens with zero attached hydrogens (tertiary/aromatic N) is 4. The van der Waals surface area contributed by atoms with Crippen LogP contribution < -0.4 is 10.3 Å². The Labute approximate surface area is 190 Å². The van der Waals surface area contributed by atoms with Gasteiger partial charge >= 0.3 is 5.97 Å². The highest BCUT2D eigenvalue weighted by Gasteiger charge is 2.14. The van der Waals surface area contributed by atoms with Gasteiger partial charge in [-0.25, -0.2) is 4.98 Å². The maximum absolute atomic E-state index is 11.7. The molecule has 32 heavy (non-hydrogen) atoms.